The van der Waals surface area contributed by atoms with Crippen LogP contribution in [-0.4, -0.2) is 15.9 Å². The Morgan fingerprint density at radius 1 is 1.40 bits per heavy atom. The van der Waals surface area contributed by atoms with E-state index in [4.69, 9.17) is 16.9 Å². The lowest BCUT2D eigenvalue weighted by molar-refractivity contribution is -0.384. The Labute approximate surface area is 126 Å². The molecule has 0 saturated carbocycles. The van der Waals surface area contributed by atoms with Crippen LogP contribution in [0.15, 0.2) is 39.1 Å². The van der Waals surface area contributed by atoms with Crippen molar-refractivity contribution in [2.75, 3.05) is 0 Å². The van der Waals surface area contributed by atoms with Gasteiger partial charge in [0.05, 0.1) is 20.8 Å². The minimum Gasteiger partial charge on any atom is -0.288 e. The molecule has 2 rings (SSSR count). The fourth-order valence-electron chi connectivity index (χ4n) is 1.39. The van der Waals surface area contributed by atoms with Crippen LogP contribution in [0.2, 0.25) is 0 Å². The summed E-state index contributed by atoms with van der Waals surface area (Å²) in [4.78, 5) is 22.5. The van der Waals surface area contributed by atoms with Crippen molar-refractivity contribution in [3.8, 4) is 6.07 Å². The summed E-state index contributed by atoms with van der Waals surface area (Å²) in [5.41, 5.74) is -0.0673. The number of nitriles is 1. The Bertz CT molecular complexity index is 692. The lowest BCUT2D eigenvalue weighted by Gasteiger charge is -2.01. The topological polar surface area (TPSA) is 96.4 Å². The van der Waals surface area contributed by atoms with E-state index < -0.39 is 10.7 Å². The van der Waals surface area contributed by atoms with Crippen molar-refractivity contribution in [2.45, 2.75) is 0 Å². The number of non-ortho nitro benzene ring substituents is 1. The summed E-state index contributed by atoms with van der Waals surface area (Å²) in [5.74, 6) is -0.541. The molecule has 0 bridgehead atoms. The summed E-state index contributed by atoms with van der Waals surface area (Å²) in [6, 6.07) is 6.83. The number of nitro benzene ring substituents is 1. The average molecular weight is 326 g/mol. The number of hydrogen-bond acceptors (Lipinski definition) is 7. The lowest BCUT2D eigenvalue weighted by atomic mass is 10.0. The SMILES string of the molecule is N#C/C(C(=O)c1ccc([N+](=O)[O-])cc1)=C1/SSN=C1Cl. The van der Waals surface area contributed by atoms with Crippen molar-refractivity contribution in [1.29, 1.82) is 5.26 Å². The van der Waals surface area contributed by atoms with E-state index in [1.54, 1.807) is 6.07 Å². The van der Waals surface area contributed by atoms with E-state index in [9.17, 15) is 14.9 Å². The molecule has 0 spiro atoms. The molecule has 0 fully saturated rings. The zero-order chi connectivity index (χ0) is 14.7. The number of nitrogens with zero attached hydrogens (tertiary/aromatic N) is 3. The van der Waals surface area contributed by atoms with Crippen LogP contribution in [0, 0.1) is 21.4 Å². The van der Waals surface area contributed by atoms with Crippen molar-refractivity contribution >= 4 is 50.0 Å². The van der Waals surface area contributed by atoms with Gasteiger partial charge in [-0.25, -0.2) is 0 Å². The van der Waals surface area contributed by atoms with Gasteiger partial charge in [-0.05, 0) is 22.9 Å². The molecular formula is C11H4ClN3O3S2. The van der Waals surface area contributed by atoms with Crippen LogP contribution in [0.4, 0.5) is 5.69 Å². The largest absolute Gasteiger partial charge is 0.288 e. The number of hydrogen-bond donors (Lipinski definition) is 0. The predicted octanol–water partition coefficient (Wildman–Crippen LogP) is 3.50. The van der Waals surface area contributed by atoms with Crippen LogP contribution in [0.3, 0.4) is 0 Å². The standard InChI is InChI=1S/C11H4ClN3O3S2/c12-11-10(19-20-14-11)8(5-13)9(16)6-1-3-7(4-2-6)15(17)18/h1-4H/b10-8-. The number of rotatable bonds is 3. The molecule has 100 valence electrons. The molecule has 0 N–H and O–H groups in total. The summed E-state index contributed by atoms with van der Waals surface area (Å²) in [6.07, 6.45) is 0. The maximum absolute atomic E-state index is 12.2. The van der Waals surface area contributed by atoms with E-state index in [0.717, 1.165) is 21.8 Å². The molecular weight excluding hydrogens is 322 g/mol. The van der Waals surface area contributed by atoms with Crippen LogP contribution >= 0.6 is 33.4 Å². The number of allylic oxidation sites excluding steroid dienone is 2. The Kier molecular flexibility index (Phi) is 4.44. The fraction of sp³-hybridized carbons (Fsp3) is 0. The third kappa shape index (κ3) is 2.85. The van der Waals surface area contributed by atoms with Crippen LogP contribution in [0.25, 0.3) is 0 Å². The van der Waals surface area contributed by atoms with Gasteiger partial charge in [0.2, 0.25) is 5.78 Å². The van der Waals surface area contributed by atoms with E-state index in [1.807, 2.05) is 0 Å². The molecule has 1 heterocycles. The molecule has 0 radical (unpaired) electrons. The van der Waals surface area contributed by atoms with Gasteiger partial charge in [0.1, 0.15) is 11.6 Å². The van der Waals surface area contributed by atoms with Gasteiger partial charge in [-0.3, -0.25) is 14.9 Å². The normalized spacial score (nSPS) is 16.3. The van der Waals surface area contributed by atoms with Gasteiger partial charge in [-0.1, -0.05) is 11.6 Å². The predicted molar refractivity (Wildman–Crippen MR) is 78.5 cm³/mol. The zero-order valence-electron chi connectivity index (χ0n) is 9.57. The number of halogens is 1. The monoisotopic (exact) mass is 325 g/mol. The molecule has 20 heavy (non-hydrogen) atoms. The van der Waals surface area contributed by atoms with Crippen molar-refractivity contribution in [2.24, 2.45) is 4.40 Å². The van der Waals surface area contributed by atoms with Crippen molar-refractivity contribution in [1.82, 2.24) is 0 Å². The van der Waals surface area contributed by atoms with Gasteiger partial charge in [0, 0.05) is 17.7 Å². The summed E-state index contributed by atoms with van der Waals surface area (Å²) in [7, 11) is 2.20. The summed E-state index contributed by atoms with van der Waals surface area (Å²) in [5, 5.41) is 19.8. The highest BCUT2D eigenvalue weighted by molar-refractivity contribution is 8.78. The third-order valence-electron chi connectivity index (χ3n) is 2.33. The molecule has 0 atom stereocenters. The van der Waals surface area contributed by atoms with Gasteiger partial charge < -0.3 is 0 Å². The second-order valence-electron chi connectivity index (χ2n) is 3.49. The van der Waals surface area contributed by atoms with Gasteiger partial charge in [-0.15, -0.1) is 0 Å². The average Bonchev–Trinajstić information content (AvgIpc) is 2.86. The lowest BCUT2D eigenvalue weighted by Crippen LogP contribution is -2.06. The first-order valence-corrected chi connectivity index (χ1v) is 7.54. The van der Waals surface area contributed by atoms with Crippen molar-refractivity contribution < 1.29 is 9.72 Å². The van der Waals surface area contributed by atoms with Gasteiger partial charge >= 0.3 is 0 Å². The van der Waals surface area contributed by atoms with Crippen molar-refractivity contribution in [3.63, 3.8) is 0 Å². The van der Waals surface area contributed by atoms with Crippen LogP contribution in [0.5, 0.6) is 0 Å². The minimum atomic E-state index is -0.565. The highest BCUT2D eigenvalue weighted by Crippen LogP contribution is 2.42. The van der Waals surface area contributed by atoms with Crippen LogP contribution < -0.4 is 0 Å². The molecule has 0 aliphatic carbocycles. The maximum atomic E-state index is 12.2. The van der Waals surface area contributed by atoms with E-state index in [0.29, 0.717) is 4.91 Å². The molecule has 0 saturated heterocycles. The fourth-order valence-corrected chi connectivity index (χ4v) is 3.67. The first-order chi connectivity index (χ1) is 9.54. The summed E-state index contributed by atoms with van der Waals surface area (Å²) in [6.45, 7) is 0. The second kappa shape index (κ2) is 6.09. The number of ketones is 1. The maximum Gasteiger partial charge on any atom is 0.269 e. The zero-order valence-corrected chi connectivity index (χ0v) is 12.0. The molecule has 1 aromatic rings. The molecule has 1 aliphatic heterocycles. The van der Waals surface area contributed by atoms with E-state index in [2.05, 4.69) is 4.40 Å². The molecule has 6 nitrogen and oxygen atoms in total. The third-order valence-corrected chi connectivity index (χ3v) is 4.66. The Morgan fingerprint density at radius 3 is 2.50 bits per heavy atom. The van der Waals surface area contributed by atoms with Gasteiger partial charge in [-0.2, -0.15) is 9.66 Å². The molecule has 0 amide bonds. The van der Waals surface area contributed by atoms with Crippen molar-refractivity contribution in [3.05, 3.63) is 50.4 Å². The highest BCUT2D eigenvalue weighted by atomic mass is 35.5. The molecule has 0 aromatic heterocycles. The Hall–Kier alpha value is -1.82. The molecule has 9 heteroatoms. The van der Waals surface area contributed by atoms with Gasteiger partial charge in [0.15, 0.2) is 5.17 Å². The molecule has 0 unspecified atom stereocenters. The number of benzene rings is 1. The van der Waals surface area contributed by atoms with E-state index >= 15 is 0 Å². The molecule has 1 aliphatic rings. The first-order valence-electron chi connectivity index (χ1n) is 5.05. The minimum absolute atomic E-state index is 0.104. The smallest absolute Gasteiger partial charge is 0.269 e. The Balaban J connectivity index is 2.38. The number of carbonyl (C=O) groups is 1. The number of Topliss-reactive ketones (excluding diaryl/α,β-unsaturated/α-hetero) is 1. The first kappa shape index (κ1) is 14.6. The van der Waals surface area contributed by atoms with Crippen LogP contribution in [0.1, 0.15) is 10.4 Å². The second-order valence-corrected chi connectivity index (χ2v) is 5.70. The highest BCUT2D eigenvalue weighted by Gasteiger charge is 2.24. The van der Waals surface area contributed by atoms with Gasteiger partial charge in [0.25, 0.3) is 5.69 Å². The van der Waals surface area contributed by atoms with E-state index in [1.165, 1.54) is 24.3 Å². The van der Waals surface area contributed by atoms with E-state index in [-0.39, 0.29) is 22.0 Å². The summed E-state index contributed by atoms with van der Waals surface area (Å²) < 4.78 is 3.81. The summed E-state index contributed by atoms with van der Waals surface area (Å²) >= 11 is 5.81. The molecule has 1 aromatic carbocycles. The Morgan fingerprint density at radius 2 is 2.05 bits per heavy atom. The quantitative estimate of drug-likeness (QED) is 0.160. The number of carbonyl (C=O) groups excluding carboxylic acids is 1. The number of nitro groups is 1. The van der Waals surface area contributed by atoms with Crippen LogP contribution in [-0.2, 0) is 0 Å².